The molecule has 2 aromatic carbocycles. The van der Waals surface area contributed by atoms with Crippen LogP contribution in [0.1, 0.15) is 21.6 Å². The lowest BCUT2D eigenvalue weighted by Crippen LogP contribution is -2.17. The molecule has 0 aliphatic carbocycles. The van der Waals surface area contributed by atoms with E-state index in [1.54, 1.807) is 21.6 Å². The van der Waals surface area contributed by atoms with E-state index in [0.717, 1.165) is 23.3 Å². The van der Waals surface area contributed by atoms with Gasteiger partial charge in [-0.3, -0.25) is 4.79 Å². The lowest BCUT2D eigenvalue weighted by Gasteiger charge is -2.10. The average Bonchev–Trinajstić information content (AvgIpc) is 3.36. The summed E-state index contributed by atoms with van der Waals surface area (Å²) in [4.78, 5) is 12.8. The van der Waals surface area contributed by atoms with Gasteiger partial charge in [0.05, 0.1) is 6.54 Å². The van der Waals surface area contributed by atoms with Gasteiger partial charge < -0.3 is 9.88 Å². The third kappa shape index (κ3) is 3.91. The van der Waals surface area contributed by atoms with Crippen molar-refractivity contribution in [2.24, 2.45) is 0 Å². The molecule has 0 bridgehead atoms. The number of carbonyl (C=O) groups excluding carboxylic acids is 1. The number of carbonyl (C=O) groups is 1. The standard InChI is InChI=1S/C21H17F2N5O/c1-14-4-6-15(7-5-14)13-28-21(27-10-2-3-11-27)19(25-26-28)20(29)24-16-8-9-17(22)18(23)12-16/h2-12H,13H2,1H3,(H,24,29). The Bertz CT molecular complexity index is 1150. The molecular formula is C21H17F2N5O. The molecule has 146 valence electrons. The lowest BCUT2D eigenvalue weighted by molar-refractivity contribution is 0.102. The van der Waals surface area contributed by atoms with E-state index in [-0.39, 0.29) is 11.4 Å². The number of rotatable bonds is 5. The van der Waals surface area contributed by atoms with E-state index in [9.17, 15) is 13.6 Å². The fourth-order valence-corrected chi connectivity index (χ4v) is 2.92. The Morgan fingerprint density at radius 2 is 1.76 bits per heavy atom. The summed E-state index contributed by atoms with van der Waals surface area (Å²) >= 11 is 0. The quantitative estimate of drug-likeness (QED) is 0.558. The van der Waals surface area contributed by atoms with Gasteiger partial charge in [0.2, 0.25) is 0 Å². The molecule has 0 fully saturated rings. The molecule has 0 aliphatic rings. The van der Waals surface area contributed by atoms with E-state index in [4.69, 9.17) is 0 Å². The van der Waals surface area contributed by atoms with E-state index in [0.29, 0.717) is 12.4 Å². The predicted molar refractivity (Wildman–Crippen MR) is 104 cm³/mol. The Balaban J connectivity index is 1.67. The van der Waals surface area contributed by atoms with Gasteiger partial charge in [-0.15, -0.1) is 5.10 Å². The van der Waals surface area contributed by atoms with Crippen molar-refractivity contribution in [1.82, 2.24) is 19.6 Å². The van der Waals surface area contributed by atoms with E-state index >= 15 is 0 Å². The van der Waals surface area contributed by atoms with Gasteiger partial charge in [-0.2, -0.15) is 0 Å². The Labute approximate surface area is 165 Å². The first-order valence-electron chi connectivity index (χ1n) is 8.90. The van der Waals surface area contributed by atoms with Crippen LogP contribution in [0.25, 0.3) is 5.82 Å². The molecule has 0 atom stereocenters. The zero-order chi connectivity index (χ0) is 20.4. The minimum Gasteiger partial charge on any atom is -0.320 e. The molecule has 4 rings (SSSR count). The summed E-state index contributed by atoms with van der Waals surface area (Å²) in [6.07, 6.45) is 3.55. The van der Waals surface area contributed by atoms with Gasteiger partial charge in [0.25, 0.3) is 5.91 Å². The van der Waals surface area contributed by atoms with Crippen molar-refractivity contribution in [2.45, 2.75) is 13.5 Å². The first-order chi connectivity index (χ1) is 14.0. The van der Waals surface area contributed by atoms with E-state index in [1.165, 1.54) is 6.07 Å². The minimum absolute atomic E-state index is 0.0676. The number of aromatic nitrogens is 4. The summed E-state index contributed by atoms with van der Waals surface area (Å²) in [5.41, 5.74) is 2.34. The van der Waals surface area contributed by atoms with Crippen LogP contribution in [-0.4, -0.2) is 25.5 Å². The van der Waals surface area contributed by atoms with Gasteiger partial charge in [0.15, 0.2) is 23.1 Å². The van der Waals surface area contributed by atoms with Gasteiger partial charge in [-0.1, -0.05) is 35.0 Å². The maximum Gasteiger partial charge on any atom is 0.280 e. The van der Waals surface area contributed by atoms with E-state index in [2.05, 4.69) is 15.6 Å². The van der Waals surface area contributed by atoms with E-state index in [1.807, 2.05) is 43.3 Å². The third-order valence-corrected chi connectivity index (χ3v) is 4.40. The van der Waals surface area contributed by atoms with Gasteiger partial charge in [0, 0.05) is 24.1 Å². The Morgan fingerprint density at radius 3 is 2.45 bits per heavy atom. The smallest absolute Gasteiger partial charge is 0.280 e. The average molecular weight is 393 g/mol. The zero-order valence-corrected chi connectivity index (χ0v) is 15.5. The molecule has 0 radical (unpaired) electrons. The second-order valence-corrected chi connectivity index (χ2v) is 6.58. The first-order valence-corrected chi connectivity index (χ1v) is 8.90. The number of nitrogens with zero attached hydrogens (tertiary/aromatic N) is 4. The molecular weight excluding hydrogens is 376 g/mol. The van der Waals surface area contributed by atoms with Gasteiger partial charge >= 0.3 is 0 Å². The van der Waals surface area contributed by atoms with Crippen molar-refractivity contribution in [3.63, 3.8) is 0 Å². The van der Waals surface area contributed by atoms with E-state index < -0.39 is 17.5 Å². The van der Waals surface area contributed by atoms with Crippen molar-refractivity contribution in [1.29, 1.82) is 0 Å². The first kappa shape index (κ1) is 18.5. The van der Waals surface area contributed by atoms with Crippen molar-refractivity contribution in [3.8, 4) is 5.82 Å². The molecule has 1 N–H and O–H groups in total. The molecule has 2 aromatic heterocycles. The van der Waals surface area contributed by atoms with Gasteiger partial charge in [-0.25, -0.2) is 13.5 Å². The Kier molecular flexibility index (Phi) is 4.90. The van der Waals surface area contributed by atoms with Crippen molar-refractivity contribution < 1.29 is 13.6 Å². The van der Waals surface area contributed by atoms with Crippen LogP contribution in [0.15, 0.2) is 67.0 Å². The highest BCUT2D eigenvalue weighted by molar-refractivity contribution is 6.04. The van der Waals surface area contributed by atoms with Crippen LogP contribution in [0.5, 0.6) is 0 Å². The summed E-state index contributed by atoms with van der Waals surface area (Å²) in [6.45, 7) is 2.42. The number of halogens is 2. The molecule has 0 saturated heterocycles. The van der Waals surface area contributed by atoms with Crippen LogP contribution in [0.4, 0.5) is 14.5 Å². The van der Waals surface area contributed by atoms with Crippen LogP contribution >= 0.6 is 0 Å². The summed E-state index contributed by atoms with van der Waals surface area (Å²) in [7, 11) is 0. The number of hydrogen-bond donors (Lipinski definition) is 1. The number of aryl methyl sites for hydroxylation is 1. The van der Waals surface area contributed by atoms with Crippen molar-refractivity contribution in [2.75, 3.05) is 5.32 Å². The molecule has 0 unspecified atom stereocenters. The summed E-state index contributed by atoms with van der Waals surface area (Å²) in [5, 5.41) is 10.7. The second-order valence-electron chi connectivity index (χ2n) is 6.58. The van der Waals surface area contributed by atoms with Gasteiger partial charge in [-0.05, 0) is 36.8 Å². The fraction of sp³-hybridized carbons (Fsp3) is 0.0952. The SMILES string of the molecule is Cc1ccc(Cn2nnc(C(=O)Nc3ccc(F)c(F)c3)c2-n2cccc2)cc1. The molecule has 4 aromatic rings. The largest absolute Gasteiger partial charge is 0.320 e. The topological polar surface area (TPSA) is 64.7 Å². The third-order valence-electron chi connectivity index (χ3n) is 4.40. The van der Waals surface area contributed by atoms with Crippen molar-refractivity contribution >= 4 is 11.6 Å². The van der Waals surface area contributed by atoms with Gasteiger partial charge in [0.1, 0.15) is 0 Å². The number of amides is 1. The van der Waals surface area contributed by atoms with Crippen molar-refractivity contribution in [3.05, 3.63) is 95.4 Å². The molecule has 2 heterocycles. The number of nitrogens with one attached hydrogen (secondary N) is 1. The maximum absolute atomic E-state index is 13.4. The van der Waals surface area contributed by atoms with Crippen LogP contribution in [-0.2, 0) is 6.54 Å². The van der Waals surface area contributed by atoms with Crippen LogP contribution in [0.2, 0.25) is 0 Å². The number of benzene rings is 2. The minimum atomic E-state index is -1.04. The summed E-state index contributed by atoms with van der Waals surface area (Å²) < 4.78 is 29.9. The summed E-state index contributed by atoms with van der Waals surface area (Å²) in [6, 6.07) is 14.7. The Hall–Kier alpha value is -3.81. The molecule has 0 spiro atoms. The maximum atomic E-state index is 13.4. The lowest BCUT2D eigenvalue weighted by atomic mass is 10.1. The molecule has 6 nitrogen and oxygen atoms in total. The normalized spacial score (nSPS) is 10.9. The fourth-order valence-electron chi connectivity index (χ4n) is 2.92. The highest BCUT2D eigenvalue weighted by Crippen LogP contribution is 2.18. The van der Waals surface area contributed by atoms with Crippen LogP contribution < -0.4 is 5.32 Å². The summed E-state index contributed by atoms with van der Waals surface area (Å²) in [5.74, 6) is -2.14. The predicted octanol–water partition coefficient (Wildman–Crippen LogP) is 3.96. The highest BCUT2D eigenvalue weighted by Gasteiger charge is 2.21. The molecule has 8 heteroatoms. The molecule has 0 saturated carbocycles. The molecule has 29 heavy (non-hydrogen) atoms. The number of anilines is 1. The Morgan fingerprint density at radius 1 is 1.03 bits per heavy atom. The number of hydrogen-bond acceptors (Lipinski definition) is 3. The monoisotopic (exact) mass is 393 g/mol. The highest BCUT2D eigenvalue weighted by atomic mass is 19.2. The van der Waals surface area contributed by atoms with Crippen LogP contribution in [0.3, 0.4) is 0 Å². The molecule has 0 aliphatic heterocycles. The second kappa shape index (κ2) is 7.67. The zero-order valence-electron chi connectivity index (χ0n) is 15.5. The van der Waals surface area contributed by atoms with Crippen LogP contribution in [0, 0.1) is 18.6 Å². The molecule has 1 amide bonds.